The SMILES string of the molecule is O=C(O)/C=C/c1cc(Cl)cc(Cl)c1OCc1nccs1. The molecule has 7 heteroatoms. The Bertz CT molecular complexity index is 641. The number of nitrogens with zero attached hydrogens (tertiary/aromatic N) is 1. The number of rotatable bonds is 5. The Balaban J connectivity index is 2.27. The van der Waals surface area contributed by atoms with E-state index < -0.39 is 5.97 Å². The largest absolute Gasteiger partial charge is 0.484 e. The fourth-order valence-electron chi connectivity index (χ4n) is 1.48. The second kappa shape index (κ2) is 6.74. The van der Waals surface area contributed by atoms with Gasteiger partial charge in [-0.2, -0.15) is 0 Å². The summed E-state index contributed by atoms with van der Waals surface area (Å²) in [5, 5.41) is 12.0. The lowest BCUT2D eigenvalue weighted by Gasteiger charge is -2.10. The molecule has 2 rings (SSSR count). The molecule has 1 heterocycles. The molecule has 20 heavy (non-hydrogen) atoms. The molecule has 0 saturated heterocycles. The number of halogens is 2. The summed E-state index contributed by atoms with van der Waals surface area (Å²) in [5.41, 5.74) is 0.501. The summed E-state index contributed by atoms with van der Waals surface area (Å²) < 4.78 is 5.61. The molecule has 0 amide bonds. The lowest BCUT2D eigenvalue weighted by molar-refractivity contribution is -0.131. The van der Waals surface area contributed by atoms with Gasteiger partial charge in [0.05, 0.1) is 5.02 Å². The predicted molar refractivity (Wildman–Crippen MR) is 79.6 cm³/mol. The topological polar surface area (TPSA) is 59.4 Å². The second-order valence-corrected chi connectivity index (χ2v) is 5.51. The Morgan fingerprint density at radius 1 is 1.45 bits per heavy atom. The lowest BCUT2D eigenvalue weighted by atomic mass is 10.2. The van der Waals surface area contributed by atoms with Crippen LogP contribution >= 0.6 is 34.5 Å². The van der Waals surface area contributed by atoms with Crippen molar-refractivity contribution in [2.24, 2.45) is 0 Å². The summed E-state index contributed by atoms with van der Waals surface area (Å²) in [4.78, 5) is 14.7. The van der Waals surface area contributed by atoms with E-state index in [1.54, 1.807) is 18.3 Å². The van der Waals surface area contributed by atoms with Crippen LogP contribution in [0.5, 0.6) is 5.75 Å². The minimum absolute atomic E-state index is 0.257. The van der Waals surface area contributed by atoms with Gasteiger partial charge in [0.1, 0.15) is 17.4 Å². The Morgan fingerprint density at radius 2 is 2.25 bits per heavy atom. The highest BCUT2D eigenvalue weighted by Gasteiger charge is 2.10. The van der Waals surface area contributed by atoms with E-state index in [0.29, 0.717) is 21.4 Å². The summed E-state index contributed by atoms with van der Waals surface area (Å²) in [6, 6.07) is 3.13. The van der Waals surface area contributed by atoms with E-state index in [1.165, 1.54) is 17.4 Å². The summed E-state index contributed by atoms with van der Waals surface area (Å²) >= 11 is 13.4. The van der Waals surface area contributed by atoms with Crippen molar-refractivity contribution in [1.29, 1.82) is 0 Å². The Labute approximate surface area is 129 Å². The predicted octanol–water partition coefficient (Wildman–Crippen LogP) is 4.13. The van der Waals surface area contributed by atoms with Crippen LogP contribution in [0.2, 0.25) is 10.0 Å². The number of carboxylic acids is 1. The van der Waals surface area contributed by atoms with Crippen molar-refractivity contribution in [2.45, 2.75) is 6.61 Å². The standard InChI is InChI=1S/C13H9Cl2NO3S/c14-9-5-8(1-2-12(17)18)13(10(15)6-9)19-7-11-16-3-4-20-11/h1-6H,7H2,(H,17,18)/b2-1+. The van der Waals surface area contributed by atoms with E-state index in [0.717, 1.165) is 11.1 Å². The average Bonchev–Trinajstić information content (AvgIpc) is 2.88. The van der Waals surface area contributed by atoms with Gasteiger partial charge in [0.25, 0.3) is 0 Å². The molecule has 104 valence electrons. The van der Waals surface area contributed by atoms with Crippen molar-refractivity contribution < 1.29 is 14.6 Å². The van der Waals surface area contributed by atoms with E-state index in [4.69, 9.17) is 33.0 Å². The molecule has 0 aliphatic rings. The van der Waals surface area contributed by atoms with E-state index in [1.807, 2.05) is 5.38 Å². The lowest BCUT2D eigenvalue weighted by Crippen LogP contribution is -1.97. The van der Waals surface area contributed by atoms with E-state index >= 15 is 0 Å². The number of carbonyl (C=O) groups is 1. The molecular formula is C13H9Cl2NO3S. The number of aliphatic carboxylic acids is 1. The third-order valence-corrected chi connectivity index (χ3v) is 3.52. The molecule has 1 N–H and O–H groups in total. The Kier molecular flexibility index (Phi) is 5.00. The number of hydrogen-bond acceptors (Lipinski definition) is 4. The molecule has 0 aliphatic heterocycles. The number of ether oxygens (including phenoxy) is 1. The van der Waals surface area contributed by atoms with Gasteiger partial charge in [-0.1, -0.05) is 23.2 Å². The van der Waals surface area contributed by atoms with E-state index in [2.05, 4.69) is 4.98 Å². The maximum atomic E-state index is 10.6. The van der Waals surface area contributed by atoms with Crippen LogP contribution < -0.4 is 4.74 Å². The molecule has 0 saturated carbocycles. The molecule has 0 aliphatic carbocycles. The van der Waals surface area contributed by atoms with Gasteiger partial charge in [0, 0.05) is 28.2 Å². The van der Waals surface area contributed by atoms with Gasteiger partial charge >= 0.3 is 5.97 Å². The van der Waals surface area contributed by atoms with Crippen molar-refractivity contribution in [1.82, 2.24) is 4.98 Å². The first-order valence-corrected chi connectivity index (χ1v) is 7.11. The van der Waals surface area contributed by atoms with Crippen LogP contribution in [-0.4, -0.2) is 16.1 Å². The van der Waals surface area contributed by atoms with Gasteiger partial charge in [-0.15, -0.1) is 11.3 Å². The number of thiazole rings is 1. The fourth-order valence-corrected chi connectivity index (χ4v) is 2.57. The van der Waals surface area contributed by atoms with Crippen LogP contribution in [-0.2, 0) is 11.4 Å². The van der Waals surface area contributed by atoms with E-state index in [9.17, 15) is 4.79 Å². The van der Waals surface area contributed by atoms with Crippen LogP contribution in [0.25, 0.3) is 6.08 Å². The smallest absolute Gasteiger partial charge is 0.328 e. The number of hydrogen-bond donors (Lipinski definition) is 1. The molecule has 1 aromatic heterocycles. The van der Waals surface area contributed by atoms with Gasteiger partial charge in [0.15, 0.2) is 0 Å². The van der Waals surface area contributed by atoms with Gasteiger partial charge < -0.3 is 9.84 Å². The normalized spacial score (nSPS) is 10.9. The second-order valence-electron chi connectivity index (χ2n) is 3.69. The highest BCUT2D eigenvalue weighted by atomic mass is 35.5. The van der Waals surface area contributed by atoms with Crippen LogP contribution in [0.4, 0.5) is 0 Å². The molecule has 1 aromatic carbocycles. The fraction of sp³-hybridized carbons (Fsp3) is 0.0769. The maximum absolute atomic E-state index is 10.6. The number of carboxylic acid groups (broad SMARTS) is 1. The molecule has 0 fully saturated rings. The minimum atomic E-state index is -1.06. The van der Waals surface area contributed by atoms with Crippen molar-refractivity contribution in [3.05, 3.63) is 50.4 Å². The van der Waals surface area contributed by atoms with Crippen LogP contribution in [0.15, 0.2) is 29.8 Å². The summed E-state index contributed by atoms with van der Waals surface area (Å²) in [5.74, 6) is -0.685. The first-order chi connectivity index (χ1) is 9.56. The van der Waals surface area contributed by atoms with Gasteiger partial charge in [-0.25, -0.2) is 9.78 Å². The van der Waals surface area contributed by atoms with Crippen molar-refractivity contribution in [3.63, 3.8) is 0 Å². The van der Waals surface area contributed by atoms with Crippen molar-refractivity contribution in [3.8, 4) is 5.75 Å². The van der Waals surface area contributed by atoms with Crippen LogP contribution in [0, 0.1) is 0 Å². The summed E-state index contributed by atoms with van der Waals surface area (Å²) in [7, 11) is 0. The minimum Gasteiger partial charge on any atom is -0.484 e. The Hall–Kier alpha value is -1.56. The zero-order valence-corrected chi connectivity index (χ0v) is 12.4. The zero-order valence-electron chi connectivity index (χ0n) is 10.0. The first kappa shape index (κ1) is 14.8. The van der Waals surface area contributed by atoms with E-state index in [-0.39, 0.29) is 6.61 Å². The molecule has 0 bridgehead atoms. The summed E-state index contributed by atoms with van der Waals surface area (Å²) in [6.45, 7) is 0.257. The molecule has 0 atom stereocenters. The molecule has 0 radical (unpaired) electrons. The maximum Gasteiger partial charge on any atom is 0.328 e. The van der Waals surface area contributed by atoms with Gasteiger partial charge in [-0.05, 0) is 18.2 Å². The highest BCUT2D eigenvalue weighted by molar-refractivity contribution is 7.09. The van der Waals surface area contributed by atoms with Crippen molar-refractivity contribution in [2.75, 3.05) is 0 Å². The molecule has 0 spiro atoms. The van der Waals surface area contributed by atoms with Crippen LogP contribution in [0.1, 0.15) is 10.6 Å². The third-order valence-electron chi connectivity index (χ3n) is 2.27. The van der Waals surface area contributed by atoms with Gasteiger partial charge in [-0.3, -0.25) is 0 Å². The third kappa shape index (κ3) is 3.96. The molecular weight excluding hydrogens is 321 g/mol. The molecule has 0 unspecified atom stereocenters. The zero-order chi connectivity index (χ0) is 14.5. The van der Waals surface area contributed by atoms with Crippen molar-refractivity contribution >= 4 is 46.6 Å². The first-order valence-electron chi connectivity index (χ1n) is 5.47. The number of aromatic nitrogens is 1. The quantitative estimate of drug-likeness (QED) is 0.838. The molecule has 2 aromatic rings. The summed E-state index contributed by atoms with van der Waals surface area (Å²) in [6.07, 6.45) is 4.06. The average molecular weight is 330 g/mol. The monoisotopic (exact) mass is 329 g/mol. The van der Waals surface area contributed by atoms with Crippen LogP contribution in [0.3, 0.4) is 0 Å². The highest BCUT2D eigenvalue weighted by Crippen LogP contribution is 2.34. The Morgan fingerprint density at radius 3 is 2.90 bits per heavy atom. The molecule has 4 nitrogen and oxygen atoms in total. The van der Waals surface area contributed by atoms with Gasteiger partial charge in [0.2, 0.25) is 0 Å². The number of benzene rings is 1.